The van der Waals surface area contributed by atoms with Crippen LogP contribution in [0.4, 0.5) is 0 Å². The molecule has 0 bridgehead atoms. The van der Waals surface area contributed by atoms with E-state index < -0.39 is 0 Å². The van der Waals surface area contributed by atoms with Crippen molar-refractivity contribution in [3.63, 3.8) is 0 Å². The molecular weight excluding hydrogens is 462 g/mol. The van der Waals surface area contributed by atoms with Crippen LogP contribution in [0, 0.1) is 0 Å². The largest absolute Gasteiger partial charge is 0.508 e. The molecule has 4 aromatic rings. The first kappa shape index (κ1) is 22.4. The van der Waals surface area contributed by atoms with Crippen molar-refractivity contribution in [3.8, 4) is 39.9 Å². The Hall–Kier alpha value is -3.75. The average molecular weight is 482 g/mol. The highest BCUT2D eigenvalue weighted by Gasteiger charge is 2.14. The van der Waals surface area contributed by atoms with E-state index in [1.165, 1.54) is 29.5 Å². The Bertz CT molecular complexity index is 1380. The van der Waals surface area contributed by atoms with E-state index in [9.17, 15) is 10.2 Å². The van der Waals surface area contributed by atoms with Gasteiger partial charge < -0.3 is 19.7 Å². The molecule has 0 amide bonds. The number of methoxy groups -OCH3 is 2. The van der Waals surface area contributed by atoms with Gasteiger partial charge in [0.25, 0.3) is 0 Å². The highest BCUT2D eigenvalue weighted by molar-refractivity contribution is 7.07. The third kappa shape index (κ3) is 4.87. The van der Waals surface area contributed by atoms with Crippen LogP contribution in [0.3, 0.4) is 0 Å². The quantitative estimate of drug-likeness (QED) is 0.224. The topological polar surface area (TPSA) is 88.6 Å². The molecule has 33 heavy (non-hydrogen) atoms. The summed E-state index contributed by atoms with van der Waals surface area (Å²) in [5, 5.41) is 31.5. The molecule has 9 heteroatoms. The van der Waals surface area contributed by atoms with Gasteiger partial charge in [0, 0.05) is 27.2 Å². The third-order valence-corrected chi connectivity index (χ3v) is 5.89. The van der Waals surface area contributed by atoms with Crippen LogP contribution in [0.25, 0.3) is 16.9 Å². The molecule has 0 fully saturated rings. The fourth-order valence-electron chi connectivity index (χ4n) is 3.22. The van der Waals surface area contributed by atoms with E-state index in [4.69, 9.17) is 21.1 Å². The first-order valence-corrected chi connectivity index (χ1v) is 11.0. The van der Waals surface area contributed by atoms with Gasteiger partial charge in [-0.3, -0.25) is 4.57 Å². The molecule has 3 aromatic carbocycles. The van der Waals surface area contributed by atoms with Crippen molar-refractivity contribution in [1.82, 2.24) is 4.57 Å². The predicted octanol–water partition coefficient (Wildman–Crippen LogP) is 5.22. The number of hydrogen-bond acceptors (Lipinski definition) is 7. The van der Waals surface area contributed by atoms with Gasteiger partial charge in [0.2, 0.25) is 4.80 Å². The van der Waals surface area contributed by atoms with Gasteiger partial charge in [-0.1, -0.05) is 11.6 Å². The lowest BCUT2D eigenvalue weighted by Gasteiger charge is -2.11. The summed E-state index contributed by atoms with van der Waals surface area (Å²) in [4.78, 5) is 0.549. The number of nitrogens with zero attached hydrogens (tertiary/aromatic N) is 3. The smallest absolute Gasteiger partial charge is 0.215 e. The van der Waals surface area contributed by atoms with Crippen molar-refractivity contribution < 1.29 is 19.7 Å². The lowest BCUT2D eigenvalue weighted by molar-refractivity contribution is 0.402. The van der Waals surface area contributed by atoms with Crippen molar-refractivity contribution in [2.75, 3.05) is 14.2 Å². The van der Waals surface area contributed by atoms with Crippen LogP contribution in [0.15, 0.2) is 76.2 Å². The van der Waals surface area contributed by atoms with Crippen LogP contribution in [0.1, 0.15) is 5.56 Å². The zero-order valence-electron chi connectivity index (χ0n) is 17.8. The average Bonchev–Trinajstić information content (AvgIpc) is 3.24. The number of halogens is 1. The van der Waals surface area contributed by atoms with E-state index in [2.05, 4.69) is 10.2 Å². The van der Waals surface area contributed by atoms with Crippen LogP contribution in [-0.2, 0) is 0 Å². The van der Waals surface area contributed by atoms with Gasteiger partial charge in [0.05, 0.1) is 26.1 Å². The lowest BCUT2D eigenvalue weighted by atomic mass is 10.1. The zero-order chi connectivity index (χ0) is 23.4. The molecule has 0 unspecified atom stereocenters. The number of rotatable bonds is 6. The Labute approximate surface area is 199 Å². The predicted molar refractivity (Wildman–Crippen MR) is 130 cm³/mol. The molecule has 2 N–H and O–H groups in total. The maximum atomic E-state index is 10.4. The lowest BCUT2D eigenvalue weighted by Crippen LogP contribution is -2.13. The molecule has 0 aliphatic carbocycles. The summed E-state index contributed by atoms with van der Waals surface area (Å²) >= 11 is 7.41. The summed E-state index contributed by atoms with van der Waals surface area (Å²) in [6.07, 6.45) is 1.58. The molecule has 168 valence electrons. The normalized spacial score (nSPS) is 11.8. The van der Waals surface area contributed by atoms with Gasteiger partial charge in [-0.25, -0.2) is 0 Å². The second-order valence-electron chi connectivity index (χ2n) is 6.87. The van der Waals surface area contributed by atoms with Gasteiger partial charge in [-0.15, -0.1) is 16.4 Å². The van der Waals surface area contributed by atoms with Crippen LogP contribution in [-0.4, -0.2) is 35.2 Å². The van der Waals surface area contributed by atoms with E-state index in [-0.39, 0.29) is 11.5 Å². The Balaban J connectivity index is 1.85. The molecule has 0 saturated carbocycles. The molecule has 7 nitrogen and oxygen atoms in total. The molecule has 4 rings (SSSR count). The Morgan fingerprint density at radius 3 is 2.48 bits per heavy atom. The Kier molecular flexibility index (Phi) is 6.67. The van der Waals surface area contributed by atoms with Gasteiger partial charge in [0.15, 0.2) is 0 Å². The van der Waals surface area contributed by atoms with Crippen LogP contribution < -0.4 is 14.3 Å². The molecular formula is C24H20ClN3O4S. The monoisotopic (exact) mass is 481 g/mol. The van der Waals surface area contributed by atoms with E-state index in [0.717, 1.165) is 5.69 Å². The number of phenols is 2. The molecule has 1 aromatic heterocycles. The minimum Gasteiger partial charge on any atom is -0.508 e. The first-order chi connectivity index (χ1) is 16.0. The number of benzene rings is 3. The van der Waals surface area contributed by atoms with E-state index in [0.29, 0.717) is 38.1 Å². The maximum Gasteiger partial charge on any atom is 0.215 e. The van der Waals surface area contributed by atoms with E-state index in [1.807, 2.05) is 22.1 Å². The van der Waals surface area contributed by atoms with Crippen LogP contribution in [0.2, 0.25) is 5.02 Å². The van der Waals surface area contributed by atoms with E-state index in [1.54, 1.807) is 50.8 Å². The summed E-state index contributed by atoms with van der Waals surface area (Å²) < 4.78 is 12.5. The van der Waals surface area contributed by atoms with Crippen LogP contribution in [0.5, 0.6) is 23.0 Å². The highest BCUT2D eigenvalue weighted by Crippen LogP contribution is 2.34. The molecule has 0 atom stereocenters. The molecule has 1 heterocycles. The van der Waals surface area contributed by atoms with Crippen molar-refractivity contribution in [2.45, 2.75) is 0 Å². The number of thiazole rings is 1. The number of phenolic OH excluding ortho intramolecular Hbond substituents is 2. The van der Waals surface area contributed by atoms with Gasteiger partial charge >= 0.3 is 0 Å². The summed E-state index contributed by atoms with van der Waals surface area (Å²) in [5.41, 5.74) is 2.58. The number of hydrogen-bond donors (Lipinski definition) is 2. The van der Waals surface area contributed by atoms with Crippen molar-refractivity contribution in [3.05, 3.63) is 81.4 Å². The molecule has 0 spiro atoms. The van der Waals surface area contributed by atoms with Gasteiger partial charge in [0.1, 0.15) is 23.0 Å². The van der Waals surface area contributed by atoms with E-state index >= 15 is 0 Å². The molecule has 0 radical (unpaired) electrons. The fraction of sp³-hybridized carbons (Fsp3) is 0.0833. The maximum absolute atomic E-state index is 10.4. The van der Waals surface area contributed by atoms with Crippen molar-refractivity contribution in [1.29, 1.82) is 0 Å². The molecule has 0 aliphatic heterocycles. The SMILES string of the molecule is COc1ccc(OC)c(/C=N/N=c2\scc(-c3cc(O)ccc3O)n2-c2ccc(Cl)cc2)c1. The van der Waals surface area contributed by atoms with Gasteiger partial charge in [-0.05, 0) is 60.7 Å². The third-order valence-electron chi connectivity index (χ3n) is 4.83. The fourth-order valence-corrected chi connectivity index (χ4v) is 4.20. The summed E-state index contributed by atoms with van der Waals surface area (Å²) in [7, 11) is 3.17. The zero-order valence-corrected chi connectivity index (χ0v) is 19.3. The van der Waals surface area contributed by atoms with Crippen molar-refractivity contribution >= 4 is 29.2 Å². The number of aromatic hydroxyl groups is 2. The number of aromatic nitrogens is 1. The van der Waals surface area contributed by atoms with Crippen LogP contribution >= 0.6 is 22.9 Å². The second kappa shape index (κ2) is 9.81. The summed E-state index contributed by atoms with van der Waals surface area (Å²) in [5.74, 6) is 1.38. The Morgan fingerprint density at radius 2 is 1.76 bits per heavy atom. The molecule has 0 aliphatic rings. The Morgan fingerprint density at radius 1 is 0.970 bits per heavy atom. The minimum atomic E-state index is 0.0319. The number of ether oxygens (including phenoxy) is 2. The van der Waals surface area contributed by atoms with Crippen molar-refractivity contribution in [2.24, 2.45) is 10.2 Å². The standard InChI is InChI=1S/C24H20ClN3O4S/c1-31-19-8-10-23(32-2)15(11-19)13-26-27-24-28(17-5-3-16(25)4-6-17)21(14-33-24)20-12-18(29)7-9-22(20)30/h3-14,29-30H,1-2H3/b26-13+,27-24-. The first-order valence-electron chi connectivity index (χ1n) is 9.78. The second-order valence-corrected chi connectivity index (χ2v) is 8.14. The van der Waals surface area contributed by atoms with Gasteiger partial charge in [-0.2, -0.15) is 5.10 Å². The highest BCUT2D eigenvalue weighted by atomic mass is 35.5. The molecule has 0 saturated heterocycles. The summed E-state index contributed by atoms with van der Waals surface area (Å²) in [6, 6.07) is 17.0. The minimum absolute atomic E-state index is 0.0319. The summed E-state index contributed by atoms with van der Waals surface area (Å²) in [6.45, 7) is 0.